The maximum Gasteiger partial charge on any atom is 0.250 e. The fraction of sp³-hybridized carbons (Fsp3) is 0.467. The fourth-order valence-corrected chi connectivity index (χ4v) is 1.87. The van der Waals surface area contributed by atoms with Crippen molar-refractivity contribution >= 4 is 29.3 Å². The van der Waals surface area contributed by atoms with E-state index in [1.807, 2.05) is 0 Å². The number of carbonyl (C=O) groups excluding carboxylic acids is 1. The molecule has 110 valence electrons. The zero-order valence-corrected chi connectivity index (χ0v) is 12.7. The highest BCUT2D eigenvalue weighted by Gasteiger charge is 2.00. The van der Waals surface area contributed by atoms with Crippen LogP contribution in [0.5, 0.6) is 0 Å². The molecule has 0 aromatic carbocycles. The van der Waals surface area contributed by atoms with Gasteiger partial charge in [-0.1, -0.05) is 32.6 Å². The maximum absolute atomic E-state index is 11.6. The van der Waals surface area contributed by atoms with Crippen LogP contribution in [0.3, 0.4) is 0 Å². The summed E-state index contributed by atoms with van der Waals surface area (Å²) in [5.41, 5.74) is 0. The Kier molecular flexibility index (Phi) is 8.38. The highest BCUT2D eigenvalue weighted by molar-refractivity contribution is 7.80. The van der Waals surface area contributed by atoms with Crippen molar-refractivity contribution in [2.75, 3.05) is 6.54 Å². The molecule has 0 saturated heterocycles. The van der Waals surface area contributed by atoms with E-state index in [4.69, 9.17) is 16.6 Å². The Hall–Kier alpha value is -1.62. The van der Waals surface area contributed by atoms with Gasteiger partial charge in [-0.3, -0.25) is 10.1 Å². The summed E-state index contributed by atoms with van der Waals surface area (Å²) in [5, 5.41) is 5.99. The van der Waals surface area contributed by atoms with Crippen LogP contribution in [0.15, 0.2) is 28.9 Å². The van der Waals surface area contributed by atoms with Gasteiger partial charge in [-0.15, -0.1) is 0 Å². The summed E-state index contributed by atoms with van der Waals surface area (Å²) in [4.78, 5) is 11.6. The van der Waals surface area contributed by atoms with Crippen LogP contribution >= 0.6 is 12.2 Å². The van der Waals surface area contributed by atoms with Crippen molar-refractivity contribution < 1.29 is 9.21 Å². The standard InChI is InChI=1S/C15H22N2O2S/c1-2-3-4-5-6-11-16-15(20)17-14(18)10-9-13-8-7-12-19-13/h7-10,12H,2-6,11H2,1H3,(H2,16,17,18,20). The Morgan fingerprint density at radius 2 is 2.15 bits per heavy atom. The average Bonchev–Trinajstić information content (AvgIpc) is 2.93. The molecule has 1 heterocycles. The quantitative estimate of drug-likeness (QED) is 0.439. The van der Waals surface area contributed by atoms with Crippen molar-refractivity contribution in [3.63, 3.8) is 0 Å². The Balaban J connectivity index is 2.10. The molecule has 0 spiro atoms. The molecule has 0 aliphatic rings. The number of nitrogens with one attached hydrogen (secondary N) is 2. The van der Waals surface area contributed by atoms with Crippen molar-refractivity contribution in [2.24, 2.45) is 0 Å². The van der Waals surface area contributed by atoms with E-state index in [0.29, 0.717) is 10.9 Å². The van der Waals surface area contributed by atoms with Gasteiger partial charge >= 0.3 is 0 Å². The topological polar surface area (TPSA) is 54.3 Å². The first kappa shape index (κ1) is 16.4. The zero-order valence-electron chi connectivity index (χ0n) is 11.9. The summed E-state index contributed by atoms with van der Waals surface area (Å²) in [5.74, 6) is 0.375. The van der Waals surface area contributed by atoms with E-state index < -0.39 is 0 Å². The van der Waals surface area contributed by atoms with Crippen molar-refractivity contribution in [3.05, 3.63) is 30.2 Å². The van der Waals surface area contributed by atoms with Gasteiger partial charge in [-0.05, 0) is 36.8 Å². The molecule has 1 aromatic heterocycles. The van der Waals surface area contributed by atoms with Crippen LogP contribution in [-0.4, -0.2) is 17.6 Å². The molecule has 1 amide bonds. The average molecular weight is 294 g/mol. The smallest absolute Gasteiger partial charge is 0.250 e. The first-order valence-electron chi connectivity index (χ1n) is 7.02. The monoisotopic (exact) mass is 294 g/mol. The molecule has 5 heteroatoms. The summed E-state index contributed by atoms with van der Waals surface area (Å²) < 4.78 is 5.09. The second-order valence-corrected chi connectivity index (χ2v) is 4.92. The van der Waals surface area contributed by atoms with Crippen LogP contribution in [-0.2, 0) is 4.79 Å². The highest BCUT2D eigenvalue weighted by atomic mass is 32.1. The van der Waals surface area contributed by atoms with Gasteiger partial charge in [-0.2, -0.15) is 0 Å². The van der Waals surface area contributed by atoms with E-state index >= 15 is 0 Å². The molecule has 20 heavy (non-hydrogen) atoms. The van der Waals surface area contributed by atoms with E-state index in [0.717, 1.165) is 13.0 Å². The van der Waals surface area contributed by atoms with Crippen LogP contribution in [0, 0.1) is 0 Å². The Bertz CT molecular complexity index is 427. The molecular weight excluding hydrogens is 272 g/mol. The predicted molar refractivity (Wildman–Crippen MR) is 85.2 cm³/mol. The van der Waals surface area contributed by atoms with Gasteiger partial charge in [0.15, 0.2) is 5.11 Å². The lowest BCUT2D eigenvalue weighted by atomic mass is 10.1. The molecule has 0 fully saturated rings. The van der Waals surface area contributed by atoms with Crippen LogP contribution in [0.1, 0.15) is 44.8 Å². The summed E-state index contributed by atoms with van der Waals surface area (Å²) >= 11 is 5.04. The van der Waals surface area contributed by atoms with Crippen LogP contribution in [0.25, 0.3) is 6.08 Å². The molecule has 0 bridgehead atoms. The van der Waals surface area contributed by atoms with E-state index in [2.05, 4.69) is 17.6 Å². The normalized spacial score (nSPS) is 10.7. The molecule has 0 aliphatic carbocycles. The lowest BCUT2D eigenvalue weighted by Crippen LogP contribution is -2.38. The number of furan rings is 1. The van der Waals surface area contributed by atoms with Gasteiger partial charge in [0.05, 0.1) is 6.26 Å². The summed E-state index contributed by atoms with van der Waals surface area (Å²) in [6, 6.07) is 3.54. The second kappa shape index (κ2) is 10.2. The van der Waals surface area contributed by atoms with E-state index in [1.54, 1.807) is 24.5 Å². The first-order chi connectivity index (χ1) is 9.72. The summed E-state index contributed by atoms with van der Waals surface area (Å²) in [7, 11) is 0. The number of amides is 1. The van der Waals surface area contributed by atoms with Crippen molar-refractivity contribution in [3.8, 4) is 0 Å². The van der Waals surface area contributed by atoms with Crippen LogP contribution < -0.4 is 10.6 Å². The van der Waals surface area contributed by atoms with E-state index in [-0.39, 0.29) is 5.91 Å². The molecule has 1 aromatic rings. The number of thiocarbonyl (C=S) groups is 1. The van der Waals surface area contributed by atoms with Crippen molar-refractivity contribution in [2.45, 2.75) is 39.0 Å². The van der Waals surface area contributed by atoms with Crippen LogP contribution in [0.4, 0.5) is 0 Å². The lowest BCUT2D eigenvalue weighted by Gasteiger charge is -2.07. The number of carbonyl (C=O) groups is 1. The molecule has 0 radical (unpaired) electrons. The van der Waals surface area contributed by atoms with Crippen LogP contribution in [0.2, 0.25) is 0 Å². The lowest BCUT2D eigenvalue weighted by molar-refractivity contribution is -0.115. The predicted octanol–water partition coefficient (Wildman–Crippen LogP) is 3.25. The van der Waals surface area contributed by atoms with Crippen molar-refractivity contribution in [1.29, 1.82) is 0 Å². The minimum absolute atomic E-state index is 0.259. The van der Waals surface area contributed by atoms with E-state index in [9.17, 15) is 4.79 Å². The van der Waals surface area contributed by atoms with Gasteiger partial charge in [-0.25, -0.2) is 0 Å². The Labute approximate surface area is 125 Å². The molecule has 2 N–H and O–H groups in total. The number of hydrogen-bond acceptors (Lipinski definition) is 3. The minimum Gasteiger partial charge on any atom is -0.465 e. The highest BCUT2D eigenvalue weighted by Crippen LogP contribution is 2.02. The van der Waals surface area contributed by atoms with Gasteiger partial charge in [0.25, 0.3) is 0 Å². The molecule has 1 rings (SSSR count). The largest absolute Gasteiger partial charge is 0.465 e. The first-order valence-corrected chi connectivity index (χ1v) is 7.43. The second-order valence-electron chi connectivity index (χ2n) is 4.51. The molecule has 4 nitrogen and oxygen atoms in total. The molecule has 0 saturated carbocycles. The van der Waals surface area contributed by atoms with E-state index in [1.165, 1.54) is 31.8 Å². The zero-order chi connectivity index (χ0) is 14.6. The minimum atomic E-state index is -0.259. The molecular formula is C15H22N2O2S. The third-order valence-corrected chi connectivity index (χ3v) is 2.99. The number of unbranched alkanes of at least 4 members (excludes halogenated alkanes) is 4. The molecule has 0 unspecified atom stereocenters. The summed E-state index contributed by atoms with van der Waals surface area (Å²) in [6.45, 7) is 2.99. The van der Waals surface area contributed by atoms with Gasteiger partial charge in [0.1, 0.15) is 5.76 Å². The number of hydrogen-bond donors (Lipinski definition) is 2. The van der Waals surface area contributed by atoms with Gasteiger partial charge < -0.3 is 9.73 Å². The fourth-order valence-electron chi connectivity index (χ4n) is 1.67. The third-order valence-electron chi connectivity index (χ3n) is 2.74. The Morgan fingerprint density at radius 1 is 1.35 bits per heavy atom. The maximum atomic E-state index is 11.6. The molecule has 0 atom stereocenters. The van der Waals surface area contributed by atoms with Gasteiger partial charge in [0, 0.05) is 12.6 Å². The number of rotatable bonds is 8. The third kappa shape index (κ3) is 7.74. The summed E-state index contributed by atoms with van der Waals surface area (Å²) in [6.07, 6.45) is 10.6. The Morgan fingerprint density at radius 3 is 2.85 bits per heavy atom. The molecule has 0 aliphatic heterocycles. The van der Waals surface area contributed by atoms with Crippen molar-refractivity contribution in [1.82, 2.24) is 10.6 Å². The SMILES string of the molecule is CCCCCCCNC(=S)NC(=O)C=Cc1ccco1. The van der Waals surface area contributed by atoms with Gasteiger partial charge in [0.2, 0.25) is 5.91 Å².